The summed E-state index contributed by atoms with van der Waals surface area (Å²) < 4.78 is 5.44. The molecule has 154 valence electrons. The molecular formula is C21H28N6O2. The molecule has 0 atom stereocenters. The van der Waals surface area contributed by atoms with E-state index >= 15 is 0 Å². The highest BCUT2D eigenvalue weighted by atomic mass is 16.5. The summed E-state index contributed by atoms with van der Waals surface area (Å²) in [6.07, 6.45) is 6.44. The van der Waals surface area contributed by atoms with Gasteiger partial charge in [0, 0.05) is 63.0 Å². The van der Waals surface area contributed by atoms with Crippen LogP contribution in [-0.4, -0.2) is 65.2 Å². The maximum atomic E-state index is 13.0. The van der Waals surface area contributed by atoms with Gasteiger partial charge in [-0.2, -0.15) is 4.98 Å². The van der Waals surface area contributed by atoms with E-state index < -0.39 is 0 Å². The van der Waals surface area contributed by atoms with Crippen molar-refractivity contribution in [1.29, 1.82) is 0 Å². The van der Waals surface area contributed by atoms with Gasteiger partial charge in [-0.05, 0) is 39.0 Å². The Bertz CT molecular complexity index is 897. The molecule has 2 fully saturated rings. The average Bonchev–Trinajstić information content (AvgIpc) is 3.43. The molecule has 0 unspecified atom stereocenters. The van der Waals surface area contributed by atoms with Gasteiger partial charge < -0.3 is 19.2 Å². The second-order valence-corrected chi connectivity index (χ2v) is 8.28. The van der Waals surface area contributed by atoms with Gasteiger partial charge in [-0.1, -0.05) is 5.16 Å². The maximum absolute atomic E-state index is 13.0. The molecule has 8 heteroatoms. The van der Waals surface area contributed by atoms with E-state index in [4.69, 9.17) is 9.51 Å². The zero-order chi connectivity index (χ0) is 19.8. The molecule has 0 bridgehead atoms. The second kappa shape index (κ2) is 7.65. The predicted octanol–water partition coefficient (Wildman–Crippen LogP) is 2.21. The molecule has 2 aromatic heterocycles. The van der Waals surface area contributed by atoms with Crippen LogP contribution >= 0.6 is 0 Å². The highest BCUT2D eigenvalue weighted by Gasteiger charge is 2.30. The second-order valence-electron chi connectivity index (χ2n) is 8.28. The quantitative estimate of drug-likeness (QED) is 0.787. The number of aromatic nitrogens is 3. The van der Waals surface area contributed by atoms with Crippen LogP contribution < -0.4 is 9.80 Å². The zero-order valence-electron chi connectivity index (χ0n) is 17.1. The number of piperazine rings is 1. The third-order valence-electron chi connectivity index (χ3n) is 6.26. The van der Waals surface area contributed by atoms with E-state index in [1.165, 1.54) is 12.8 Å². The lowest BCUT2D eigenvalue weighted by molar-refractivity contribution is 0.0735. The summed E-state index contributed by atoms with van der Waals surface area (Å²) >= 11 is 0. The van der Waals surface area contributed by atoms with Crippen molar-refractivity contribution in [2.24, 2.45) is 0 Å². The minimum Gasteiger partial charge on any atom is -0.360 e. The highest BCUT2D eigenvalue weighted by Crippen LogP contribution is 2.26. The number of aryl methyl sites for hydroxylation is 2. The van der Waals surface area contributed by atoms with Crippen LogP contribution in [0, 0.1) is 6.92 Å². The van der Waals surface area contributed by atoms with Crippen LogP contribution in [0.4, 0.5) is 11.8 Å². The first-order chi connectivity index (χ1) is 14.2. The van der Waals surface area contributed by atoms with Gasteiger partial charge in [0.15, 0.2) is 5.69 Å². The fourth-order valence-electron chi connectivity index (χ4n) is 4.60. The molecule has 8 nitrogen and oxygen atoms in total. The number of rotatable bonds is 3. The molecule has 1 aliphatic carbocycles. The van der Waals surface area contributed by atoms with E-state index in [1.807, 2.05) is 17.9 Å². The fourth-order valence-corrected chi connectivity index (χ4v) is 4.60. The van der Waals surface area contributed by atoms with Crippen molar-refractivity contribution >= 4 is 17.7 Å². The van der Waals surface area contributed by atoms with Gasteiger partial charge in [0.05, 0.1) is 0 Å². The highest BCUT2D eigenvalue weighted by molar-refractivity contribution is 5.94. The molecule has 4 heterocycles. The van der Waals surface area contributed by atoms with Gasteiger partial charge in [0.1, 0.15) is 11.6 Å². The van der Waals surface area contributed by atoms with E-state index in [0.29, 0.717) is 18.8 Å². The van der Waals surface area contributed by atoms with E-state index in [-0.39, 0.29) is 5.91 Å². The number of carbonyl (C=O) groups excluding carboxylic acids is 1. The Labute approximate surface area is 170 Å². The van der Waals surface area contributed by atoms with Crippen LogP contribution in [0.2, 0.25) is 0 Å². The molecule has 2 aromatic rings. The zero-order valence-corrected chi connectivity index (χ0v) is 17.1. The maximum Gasteiger partial charge on any atom is 0.276 e. The number of fused-ring (bicyclic) bond motifs is 1. The molecule has 2 saturated heterocycles. The van der Waals surface area contributed by atoms with Crippen molar-refractivity contribution in [2.75, 3.05) is 49.1 Å². The first kappa shape index (κ1) is 18.4. The molecule has 29 heavy (non-hydrogen) atoms. The lowest BCUT2D eigenvalue weighted by Crippen LogP contribution is -2.49. The van der Waals surface area contributed by atoms with Gasteiger partial charge >= 0.3 is 0 Å². The number of amides is 1. The Kier molecular flexibility index (Phi) is 4.85. The van der Waals surface area contributed by atoms with Crippen LogP contribution in [0.3, 0.4) is 0 Å². The fraction of sp³-hybridized carbons (Fsp3) is 0.619. The van der Waals surface area contributed by atoms with Gasteiger partial charge in [0.2, 0.25) is 5.95 Å². The van der Waals surface area contributed by atoms with Crippen molar-refractivity contribution in [1.82, 2.24) is 20.0 Å². The normalized spacial score (nSPS) is 19.6. The van der Waals surface area contributed by atoms with Crippen LogP contribution in [0.25, 0.3) is 0 Å². The lowest BCUT2D eigenvalue weighted by atomic mass is 9.96. The molecule has 0 saturated carbocycles. The summed E-state index contributed by atoms with van der Waals surface area (Å²) in [6, 6.07) is 2.05. The molecule has 0 spiro atoms. The average molecular weight is 396 g/mol. The lowest BCUT2D eigenvalue weighted by Gasteiger charge is -2.35. The predicted molar refractivity (Wildman–Crippen MR) is 109 cm³/mol. The number of carbonyl (C=O) groups is 1. The molecule has 1 amide bonds. The van der Waals surface area contributed by atoms with E-state index in [1.54, 1.807) is 0 Å². The van der Waals surface area contributed by atoms with Crippen LogP contribution in [0.1, 0.15) is 53.2 Å². The topological polar surface area (TPSA) is 78.6 Å². The molecule has 0 N–H and O–H groups in total. The largest absolute Gasteiger partial charge is 0.360 e. The first-order valence-corrected chi connectivity index (χ1v) is 10.8. The Morgan fingerprint density at radius 1 is 0.931 bits per heavy atom. The summed E-state index contributed by atoms with van der Waals surface area (Å²) in [5.74, 6) is 2.72. The number of nitrogens with zero attached hydrogens (tertiary/aromatic N) is 6. The SMILES string of the molecule is Cc1cc(N2CCN(C(=O)c3noc4c3CCCC4)CC2)nc(N2CCCC2)n1. The number of hydrogen-bond acceptors (Lipinski definition) is 7. The van der Waals surface area contributed by atoms with Gasteiger partial charge in [-0.15, -0.1) is 0 Å². The minimum absolute atomic E-state index is 0.00757. The van der Waals surface area contributed by atoms with Gasteiger partial charge in [-0.25, -0.2) is 4.98 Å². The Balaban J connectivity index is 1.27. The molecular weight excluding hydrogens is 368 g/mol. The van der Waals surface area contributed by atoms with Crippen molar-refractivity contribution < 1.29 is 9.32 Å². The summed E-state index contributed by atoms with van der Waals surface area (Å²) in [7, 11) is 0. The van der Waals surface area contributed by atoms with Crippen LogP contribution in [-0.2, 0) is 12.8 Å². The summed E-state index contributed by atoms with van der Waals surface area (Å²) in [4.78, 5) is 28.9. The van der Waals surface area contributed by atoms with Crippen molar-refractivity contribution in [3.63, 3.8) is 0 Å². The van der Waals surface area contributed by atoms with Gasteiger partial charge in [0.25, 0.3) is 5.91 Å². The Morgan fingerprint density at radius 2 is 1.69 bits per heavy atom. The molecule has 0 radical (unpaired) electrons. The summed E-state index contributed by atoms with van der Waals surface area (Å²) in [5.41, 5.74) is 2.55. The third-order valence-corrected chi connectivity index (χ3v) is 6.26. The molecule has 0 aromatic carbocycles. The van der Waals surface area contributed by atoms with Crippen LogP contribution in [0.5, 0.6) is 0 Å². The van der Waals surface area contributed by atoms with Crippen molar-refractivity contribution in [2.45, 2.75) is 45.4 Å². The van der Waals surface area contributed by atoms with Gasteiger partial charge in [-0.3, -0.25) is 4.79 Å². The molecule has 2 aliphatic heterocycles. The molecule has 3 aliphatic rings. The molecule has 5 rings (SSSR count). The van der Waals surface area contributed by atoms with E-state index in [9.17, 15) is 4.79 Å². The van der Waals surface area contributed by atoms with E-state index in [0.717, 1.165) is 80.6 Å². The number of hydrogen-bond donors (Lipinski definition) is 0. The Hall–Kier alpha value is -2.64. The van der Waals surface area contributed by atoms with Crippen molar-refractivity contribution in [3.05, 3.63) is 28.8 Å². The summed E-state index contributed by atoms with van der Waals surface area (Å²) in [5, 5.41) is 4.11. The van der Waals surface area contributed by atoms with Crippen LogP contribution in [0.15, 0.2) is 10.6 Å². The standard InChI is InChI=1S/C21H28N6O2/c1-15-14-18(23-21(22-15)27-8-4-5-9-27)25-10-12-26(13-11-25)20(28)19-16-6-2-3-7-17(16)29-24-19/h14H,2-13H2,1H3. The van der Waals surface area contributed by atoms with Crippen molar-refractivity contribution in [3.8, 4) is 0 Å². The number of anilines is 2. The Morgan fingerprint density at radius 3 is 2.48 bits per heavy atom. The first-order valence-electron chi connectivity index (χ1n) is 10.8. The minimum atomic E-state index is 0.00757. The summed E-state index contributed by atoms with van der Waals surface area (Å²) in [6.45, 7) is 6.97. The third kappa shape index (κ3) is 3.56. The smallest absolute Gasteiger partial charge is 0.276 e. The monoisotopic (exact) mass is 396 g/mol. The van der Waals surface area contributed by atoms with E-state index in [2.05, 4.69) is 19.9 Å².